The lowest BCUT2D eigenvalue weighted by Crippen LogP contribution is -1.85. The first-order chi connectivity index (χ1) is 14.5. The van der Waals surface area contributed by atoms with Gasteiger partial charge < -0.3 is 20.2 Å². The number of aromatic hydroxyl groups is 2. The summed E-state index contributed by atoms with van der Waals surface area (Å²) in [6, 6.07) is 15.4. The van der Waals surface area contributed by atoms with E-state index in [4.69, 9.17) is 0 Å². The molecule has 5 aromatic rings. The number of nitrogens with zero attached hydrogens (tertiary/aromatic N) is 2. The van der Waals surface area contributed by atoms with Gasteiger partial charge in [0.25, 0.3) is 0 Å². The van der Waals surface area contributed by atoms with Crippen LogP contribution in [0.3, 0.4) is 0 Å². The summed E-state index contributed by atoms with van der Waals surface area (Å²) in [5, 5.41) is 21.2. The molecule has 2 aromatic heterocycles. The number of phenols is 2. The van der Waals surface area contributed by atoms with Crippen molar-refractivity contribution < 1.29 is 10.2 Å². The quantitative estimate of drug-likeness (QED) is 0.205. The number of imidazole rings is 1. The molecule has 148 valence electrons. The highest BCUT2D eigenvalue weighted by atomic mass is 79.9. The summed E-state index contributed by atoms with van der Waals surface area (Å²) in [5.41, 5.74) is 4.98. The highest BCUT2D eigenvalue weighted by Gasteiger charge is 2.13. The lowest BCUT2D eigenvalue weighted by atomic mass is 10.1. The van der Waals surface area contributed by atoms with Crippen LogP contribution in [0.1, 0.15) is 5.56 Å². The summed E-state index contributed by atoms with van der Waals surface area (Å²) < 4.78 is 0.674. The maximum absolute atomic E-state index is 10.2. The third kappa shape index (κ3) is 3.28. The van der Waals surface area contributed by atoms with Crippen LogP contribution in [0.25, 0.3) is 33.3 Å². The molecule has 0 spiro atoms. The number of rotatable bonds is 3. The average Bonchev–Trinajstić information content (AvgIpc) is 3.39. The smallest absolute Gasteiger partial charge is 0.147 e. The van der Waals surface area contributed by atoms with Gasteiger partial charge >= 0.3 is 0 Å². The van der Waals surface area contributed by atoms with Crippen LogP contribution in [0, 0.1) is 0 Å². The minimum Gasteiger partial charge on any atom is -0.506 e. The lowest BCUT2D eigenvalue weighted by molar-refractivity contribution is 0.442. The molecule has 6 nitrogen and oxygen atoms in total. The first-order valence-corrected chi connectivity index (χ1v) is 10.6. The Bertz CT molecular complexity index is 1450. The van der Waals surface area contributed by atoms with Gasteiger partial charge in [0.15, 0.2) is 0 Å². The number of aromatic nitrogens is 3. The summed E-state index contributed by atoms with van der Waals surface area (Å²) in [7, 11) is 0. The number of aromatic amines is 2. The highest BCUT2D eigenvalue weighted by Crippen LogP contribution is 2.40. The maximum atomic E-state index is 10.2. The summed E-state index contributed by atoms with van der Waals surface area (Å²) in [6.45, 7) is 0. The number of aliphatic imine (C=N–C) groups is 1. The van der Waals surface area contributed by atoms with Gasteiger partial charge in [-0.2, -0.15) is 0 Å². The van der Waals surface area contributed by atoms with E-state index >= 15 is 0 Å². The Kier molecular flexibility index (Phi) is 4.60. The zero-order valence-corrected chi connectivity index (χ0v) is 18.5. The predicted octanol–water partition coefficient (Wildman–Crippen LogP) is 6.40. The van der Waals surface area contributed by atoms with Gasteiger partial charge in [0.05, 0.1) is 21.2 Å². The van der Waals surface area contributed by atoms with Gasteiger partial charge in [0.1, 0.15) is 21.8 Å². The standard InChI is InChI=1S/C22H14Br2N4O2/c23-15-8-13(20(29)19(24)21(15)30)10-26-14-2-4-17-18(9-14)28-22(27-17)12-1-3-16-11(7-12)5-6-25-16/h1-10,25,29-30H,(H,27,28). The molecule has 2 heterocycles. The molecule has 0 saturated heterocycles. The van der Waals surface area contributed by atoms with Crippen molar-refractivity contribution in [2.24, 2.45) is 4.99 Å². The zero-order valence-electron chi connectivity index (χ0n) is 15.3. The van der Waals surface area contributed by atoms with Gasteiger partial charge in [-0.1, -0.05) is 0 Å². The van der Waals surface area contributed by atoms with E-state index in [0.29, 0.717) is 15.7 Å². The van der Waals surface area contributed by atoms with Crippen LogP contribution in [0.15, 0.2) is 68.7 Å². The van der Waals surface area contributed by atoms with Gasteiger partial charge in [0, 0.05) is 34.4 Å². The Balaban J connectivity index is 1.49. The van der Waals surface area contributed by atoms with E-state index in [1.807, 2.05) is 42.6 Å². The first kappa shape index (κ1) is 18.9. The Morgan fingerprint density at radius 2 is 1.80 bits per heavy atom. The van der Waals surface area contributed by atoms with Crippen LogP contribution in [-0.4, -0.2) is 31.4 Å². The number of phenolic OH excluding ortho intramolecular Hbond substituents is 2. The fourth-order valence-corrected chi connectivity index (χ4v) is 4.43. The third-order valence-electron chi connectivity index (χ3n) is 4.84. The van der Waals surface area contributed by atoms with E-state index in [-0.39, 0.29) is 16.0 Å². The fourth-order valence-electron chi connectivity index (χ4n) is 3.27. The molecule has 0 saturated carbocycles. The molecule has 4 N–H and O–H groups in total. The molecule has 30 heavy (non-hydrogen) atoms. The minimum atomic E-state index is -0.0792. The molecule has 5 rings (SSSR count). The van der Waals surface area contributed by atoms with Crippen LogP contribution < -0.4 is 0 Å². The SMILES string of the molecule is Oc1c(Br)cc(C=Nc2ccc3nc(-c4ccc5[nH]ccc5c4)[nH]c3c2)c(O)c1Br. The molecule has 0 fully saturated rings. The number of H-pyrrole nitrogens is 2. The van der Waals surface area contributed by atoms with Crippen molar-refractivity contribution in [1.29, 1.82) is 0 Å². The van der Waals surface area contributed by atoms with Crippen LogP contribution in [0.5, 0.6) is 11.5 Å². The van der Waals surface area contributed by atoms with Crippen molar-refractivity contribution in [3.05, 3.63) is 69.2 Å². The second kappa shape index (κ2) is 7.30. The molecular weight excluding hydrogens is 512 g/mol. The molecule has 0 aliphatic rings. The Hall–Kier alpha value is -3.10. The molecule has 0 bridgehead atoms. The molecule has 8 heteroatoms. The first-order valence-electron chi connectivity index (χ1n) is 9.01. The van der Waals surface area contributed by atoms with Crippen molar-refractivity contribution in [3.63, 3.8) is 0 Å². The van der Waals surface area contributed by atoms with Crippen molar-refractivity contribution in [2.45, 2.75) is 0 Å². The van der Waals surface area contributed by atoms with Crippen molar-refractivity contribution in [1.82, 2.24) is 15.0 Å². The van der Waals surface area contributed by atoms with E-state index in [1.165, 1.54) is 0 Å². The Morgan fingerprint density at radius 1 is 0.933 bits per heavy atom. The molecule has 0 unspecified atom stereocenters. The molecule has 3 aromatic carbocycles. The van der Waals surface area contributed by atoms with Crippen molar-refractivity contribution in [3.8, 4) is 22.9 Å². The van der Waals surface area contributed by atoms with Crippen molar-refractivity contribution >= 4 is 65.7 Å². The monoisotopic (exact) mass is 524 g/mol. The van der Waals surface area contributed by atoms with Gasteiger partial charge in [-0.25, -0.2) is 4.98 Å². The second-order valence-electron chi connectivity index (χ2n) is 6.78. The van der Waals surface area contributed by atoms with Gasteiger partial charge in [-0.15, -0.1) is 0 Å². The van der Waals surface area contributed by atoms with E-state index in [9.17, 15) is 10.2 Å². The van der Waals surface area contributed by atoms with E-state index < -0.39 is 0 Å². The number of benzene rings is 3. The molecule has 0 atom stereocenters. The molecular formula is C22H14Br2N4O2. The number of fused-ring (bicyclic) bond motifs is 2. The normalized spacial score (nSPS) is 11.8. The van der Waals surface area contributed by atoms with E-state index in [0.717, 1.165) is 33.3 Å². The average molecular weight is 526 g/mol. The predicted molar refractivity (Wildman–Crippen MR) is 126 cm³/mol. The van der Waals surface area contributed by atoms with E-state index in [1.54, 1.807) is 12.3 Å². The van der Waals surface area contributed by atoms with Gasteiger partial charge in [-0.05, 0) is 80.4 Å². The number of hydrogen-bond acceptors (Lipinski definition) is 4. The van der Waals surface area contributed by atoms with Crippen molar-refractivity contribution in [2.75, 3.05) is 0 Å². The summed E-state index contributed by atoms with van der Waals surface area (Å²) in [4.78, 5) is 15.7. The summed E-state index contributed by atoms with van der Waals surface area (Å²) in [6.07, 6.45) is 3.46. The molecule has 0 radical (unpaired) electrons. The number of halogens is 2. The van der Waals surface area contributed by atoms with Gasteiger partial charge in [-0.3, -0.25) is 4.99 Å². The summed E-state index contributed by atoms with van der Waals surface area (Å²) >= 11 is 6.43. The second-order valence-corrected chi connectivity index (χ2v) is 8.43. The number of nitrogens with one attached hydrogen (secondary N) is 2. The lowest BCUT2D eigenvalue weighted by Gasteiger charge is -2.06. The fraction of sp³-hybridized carbons (Fsp3) is 0. The molecule has 0 aliphatic carbocycles. The van der Waals surface area contributed by atoms with Gasteiger partial charge in [0.2, 0.25) is 0 Å². The Labute approximate surface area is 187 Å². The largest absolute Gasteiger partial charge is 0.506 e. The Morgan fingerprint density at radius 3 is 2.67 bits per heavy atom. The van der Waals surface area contributed by atoms with Crippen LogP contribution in [-0.2, 0) is 0 Å². The third-order valence-corrected chi connectivity index (χ3v) is 6.20. The maximum Gasteiger partial charge on any atom is 0.147 e. The van der Waals surface area contributed by atoms with Crippen LogP contribution >= 0.6 is 31.9 Å². The molecule has 0 amide bonds. The van der Waals surface area contributed by atoms with Crippen LogP contribution in [0.4, 0.5) is 5.69 Å². The number of hydrogen-bond donors (Lipinski definition) is 4. The topological polar surface area (TPSA) is 97.3 Å². The molecule has 0 aliphatic heterocycles. The highest BCUT2D eigenvalue weighted by molar-refractivity contribution is 9.11. The van der Waals surface area contributed by atoms with E-state index in [2.05, 4.69) is 57.9 Å². The van der Waals surface area contributed by atoms with Crippen LogP contribution in [0.2, 0.25) is 0 Å². The minimum absolute atomic E-state index is 0.0612. The summed E-state index contributed by atoms with van der Waals surface area (Å²) in [5.74, 6) is 0.650. The zero-order chi connectivity index (χ0) is 20.8.